The molecular formula is C28H29NO3. The van der Waals surface area contributed by atoms with Crippen LogP contribution < -0.4 is 4.90 Å². The molecule has 0 unspecified atom stereocenters. The summed E-state index contributed by atoms with van der Waals surface area (Å²) in [5.74, 6) is -0.672. The number of anilines is 1. The van der Waals surface area contributed by atoms with Gasteiger partial charge in [-0.15, -0.1) is 0 Å². The lowest BCUT2D eigenvalue weighted by molar-refractivity contribution is -0.136. The van der Waals surface area contributed by atoms with Gasteiger partial charge in [-0.1, -0.05) is 59.7 Å². The number of carbonyl (C=O) groups excluding carboxylic acids is 2. The molecule has 0 bridgehead atoms. The third-order valence-electron chi connectivity index (χ3n) is 6.44. The van der Waals surface area contributed by atoms with Crippen LogP contribution in [0, 0.1) is 34.6 Å². The van der Waals surface area contributed by atoms with E-state index in [-0.39, 0.29) is 12.2 Å². The van der Waals surface area contributed by atoms with E-state index in [9.17, 15) is 14.7 Å². The van der Waals surface area contributed by atoms with Crippen molar-refractivity contribution < 1.29 is 14.7 Å². The first kappa shape index (κ1) is 22.0. The third kappa shape index (κ3) is 3.65. The quantitative estimate of drug-likeness (QED) is 0.567. The lowest BCUT2D eigenvalue weighted by atomic mass is 9.85. The Labute approximate surface area is 189 Å². The summed E-state index contributed by atoms with van der Waals surface area (Å²) >= 11 is 0. The van der Waals surface area contributed by atoms with Crippen molar-refractivity contribution in [2.75, 3.05) is 4.90 Å². The van der Waals surface area contributed by atoms with Crippen LogP contribution in [0.1, 0.15) is 55.7 Å². The van der Waals surface area contributed by atoms with Crippen molar-refractivity contribution in [1.29, 1.82) is 0 Å². The van der Waals surface area contributed by atoms with E-state index >= 15 is 0 Å². The van der Waals surface area contributed by atoms with Gasteiger partial charge < -0.3 is 10.0 Å². The zero-order valence-electron chi connectivity index (χ0n) is 19.3. The second-order valence-electron chi connectivity index (χ2n) is 9.07. The monoisotopic (exact) mass is 427 g/mol. The molecule has 1 atom stereocenters. The summed E-state index contributed by atoms with van der Waals surface area (Å²) in [6.07, 6.45) is -0.281. The number of nitrogens with zero attached hydrogens (tertiary/aromatic N) is 1. The first-order valence-corrected chi connectivity index (χ1v) is 10.9. The van der Waals surface area contributed by atoms with Crippen LogP contribution in [-0.4, -0.2) is 16.8 Å². The van der Waals surface area contributed by atoms with Crippen molar-refractivity contribution in [2.24, 2.45) is 0 Å². The zero-order valence-corrected chi connectivity index (χ0v) is 19.3. The predicted octanol–water partition coefficient (Wildman–Crippen LogP) is 5.24. The van der Waals surface area contributed by atoms with Crippen molar-refractivity contribution in [2.45, 2.75) is 53.2 Å². The molecule has 0 aromatic heterocycles. The fourth-order valence-corrected chi connectivity index (χ4v) is 4.92. The Hall–Kier alpha value is -3.24. The number of ketones is 1. The standard InChI is InChI=1S/C28H29NO3/c1-17-10-11-19(3)22(14-17)16-29-24-9-7-6-8-23(24)28(32,27(29)31)15-25(30)26-20(4)12-18(2)13-21(26)5/h6-14,32H,15-16H2,1-5H3/t28-/m0/s1. The van der Waals surface area contributed by atoms with E-state index in [0.29, 0.717) is 23.4 Å². The van der Waals surface area contributed by atoms with Gasteiger partial charge in [-0.25, -0.2) is 0 Å². The fraction of sp³-hybridized carbons (Fsp3) is 0.286. The molecule has 0 spiro atoms. The van der Waals surface area contributed by atoms with Gasteiger partial charge in [-0.2, -0.15) is 0 Å². The number of hydrogen-bond acceptors (Lipinski definition) is 3. The molecule has 0 saturated carbocycles. The summed E-state index contributed by atoms with van der Waals surface area (Å²) in [6, 6.07) is 17.3. The Morgan fingerprint density at radius 2 is 1.53 bits per heavy atom. The number of benzene rings is 3. The molecule has 4 rings (SSSR count). The minimum Gasteiger partial charge on any atom is -0.375 e. The van der Waals surface area contributed by atoms with Gasteiger partial charge in [0.05, 0.1) is 18.7 Å². The van der Waals surface area contributed by atoms with E-state index in [1.54, 1.807) is 17.0 Å². The summed E-state index contributed by atoms with van der Waals surface area (Å²) in [6.45, 7) is 10.2. The first-order chi connectivity index (χ1) is 15.1. The second-order valence-corrected chi connectivity index (χ2v) is 9.07. The van der Waals surface area contributed by atoms with Gasteiger partial charge in [0, 0.05) is 11.1 Å². The highest BCUT2D eigenvalue weighted by molar-refractivity contribution is 6.11. The number of carbonyl (C=O) groups is 2. The summed E-state index contributed by atoms with van der Waals surface area (Å²) in [5.41, 5.74) is 5.88. The molecule has 1 aliphatic rings. The van der Waals surface area contributed by atoms with Gasteiger partial charge in [0.1, 0.15) is 0 Å². The van der Waals surface area contributed by atoms with E-state index in [4.69, 9.17) is 0 Å². The normalized spacial score (nSPS) is 17.6. The fourth-order valence-electron chi connectivity index (χ4n) is 4.92. The lowest BCUT2D eigenvalue weighted by Crippen LogP contribution is -2.41. The summed E-state index contributed by atoms with van der Waals surface area (Å²) in [4.78, 5) is 28.6. The molecule has 1 amide bonds. The third-order valence-corrected chi connectivity index (χ3v) is 6.44. The number of fused-ring (bicyclic) bond motifs is 1. The van der Waals surface area contributed by atoms with Crippen LogP contribution >= 0.6 is 0 Å². The number of hydrogen-bond donors (Lipinski definition) is 1. The van der Waals surface area contributed by atoms with Gasteiger partial charge in [0.15, 0.2) is 11.4 Å². The van der Waals surface area contributed by atoms with E-state index in [0.717, 1.165) is 33.4 Å². The van der Waals surface area contributed by atoms with E-state index in [2.05, 4.69) is 6.07 Å². The summed E-state index contributed by atoms with van der Waals surface area (Å²) in [5, 5.41) is 11.6. The highest BCUT2D eigenvalue weighted by Gasteiger charge is 2.51. The first-order valence-electron chi connectivity index (χ1n) is 10.9. The number of amides is 1. The molecule has 1 heterocycles. The highest BCUT2D eigenvalue weighted by atomic mass is 16.3. The van der Waals surface area contributed by atoms with Crippen molar-refractivity contribution in [1.82, 2.24) is 0 Å². The Morgan fingerprint density at radius 1 is 0.875 bits per heavy atom. The van der Waals surface area contributed by atoms with Gasteiger partial charge in [-0.3, -0.25) is 9.59 Å². The van der Waals surface area contributed by atoms with Crippen molar-refractivity contribution in [3.63, 3.8) is 0 Å². The molecule has 0 aliphatic carbocycles. The van der Waals surface area contributed by atoms with Crippen LogP contribution in [0.2, 0.25) is 0 Å². The van der Waals surface area contributed by atoms with Gasteiger partial charge in [0.25, 0.3) is 5.91 Å². The number of aliphatic hydroxyl groups is 1. The summed E-state index contributed by atoms with van der Waals surface area (Å²) < 4.78 is 0. The molecule has 1 aliphatic heterocycles. The van der Waals surface area contributed by atoms with Crippen molar-refractivity contribution >= 4 is 17.4 Å². The maximum Gasteiger partial charge on any atom is 0.264 e. The average Bonchev–Trinajstić information content (AvgIpc) is 2.92. The second kappa shape index (κ2) is 8.03. The molecule has 4 nitrogen and oxygen atoms in total. The van der Waals surface area contributed by atoms with Crippen LogP contribution in [0.3, 0.4) is 0 Å². The molecule has 3 aromatic carbocycles. The molecule has 32 heavy (non-hydrogen) atoms. The molecule has 1 N–H and O–H groups in total. The summed E-state index contributed by atoms with van der Waals surface area (Å²) in [7, 11) is 0. The van der Waals surface area contributed by atoms with Gasteiger partial charge in [-0.05, 0) is 62.9 Å². The van der Waals surface area contributed by atoms with Crippen molar-refractivity contribution in [3.8, 4) is 0 Å². The molecular weight excluding hydrogens is 398 g/mol. The van der Waals surface area contributed by atoms with E-state index in [1.807, 2.05) is 71.0 Å². The van der Waals surface area contributed by atoms with Gasteiger partial charge >= 0.3 is 0 Å². The number of para-hydroxylation sites is 1. The maximum atomic E-state index is 13.6. The minimum atomic E-state index is -1.88. The van der Waals surface area contributed by atoms with Crippen LogP contribution in [-0.2, 0) is 16.9 Å². The highest BCUT2D eigenvalue weighted by Crippen LogP contribution is 2.44. The number of Topliss-reactive ketones (excluding diaryl/α,β-unsaturated/α-hetero) is 1. The minimum absolute atomic E-state index is 0.223. The molecule has 164 valence electrons. The smallest absolute Gasteiger partial charge is 0.264 e. The van der Waals surface area contributed by atoms with Crippen LogP contribution in [0.25, 0.3) is 0 Å². The van der Waals surface area contributed by atoms with Crippen LogP contribution in [0.5, 0.6) is 0 Å². The van der Waals surface area contributed by atoms with E-state index < -0.39 is 11.5 Å². The van der Waals surface area contributed by atoms with Gasteiger partial charge in [0.2, 0.25) is 0 Å². The van der Waals surface area contributed by atoms with Crippen LogP contribution in [0.15, 0.2) is 54.6 Å². The Balaban J connectivity index is 1.72. The largest absolute Gasteiger partial charge is 0.375 e. The Bertz CT molecular complexity index is 1220. The number of rotatable bonds is 5. The molecule has 3 aromatic rings. The predicted molar refractivity (Wildman–Crippen MR) is 127 cm³/mol. The zero-order chi connectivity index (χ0) is 23.2. The molecule has 4 heteroatoms. The average molecular weight is 428 g/mol. The molecule has 0 fully saturated rings. The Morgan fingerprint density at radius 3 is 2.22 bits per heavy atom. The lowest BCUT2D eigenvalue weighted by Gasteiger charge is -2.24. The Kier molecular flexibility index (Phi) is 5.51. The SMILES string of the molecule is Cc1cc(C)c(C(=O)C[C@@]2(O)C(=O)N(Cc3cc(C)ccc3C)c3ccccc32)c(C)c1. The maximum absolute atomic E-state index is 13.6. The van der Waals surface area contributed by atoms with E-state index in [1.165, 1.54) is 0 Å². The molecule has 0 saturated heterocycles. The van der Waals surface area contributed by atoms with Crippen molar-refractivity contribution in [3.05, 3.63) is 99.1 Å². The molecule has 0 radical (unpaired) electrons. The van der Waals surface area contributed by atoms with Crippen LogP contribution in [0.4, 0.5) is 5.69 Å². The number of aryl methyl sites for hydroxylation is 5. The topological polar surface area (TPSA) is 57.6 Å².